The summed E-state index contributed by atoms with van der Waals surface area (Å²) in [6.07, 6.45) is 5.94. The minimum absolute atomic E-state index is 0.0795. The Hall–Kier alpha value is -3.70. The second-order valence-corrected chi connectivity index (χ2v) is 9.32. The van der Waals surface area contributed by atoms with Crippen molar-refractivity contribution in [1.29, 1.82) is 5.26 Å². The molecule has 8 heteroatoms. The highest BCUT2D eigenvalue weighted by Crippen LogP contribution is 2.34. The van der Waals surface area contributed by atoms with Crippen LogP contribution < -0.4 is 15.0 Å². The fourth-order valence-electron chi connectivity index (χ4n) is 5.39. The summed E-state index contributed by atoms with van der Waals surface area (Å²) in [6, 6.07) is 14.6. The van der Waals surface area contributed by atoms with E-state index in [2.05, 4.69) is 39.2 Å². The largest absolute Gasteiger partial charge is 0.495 e. The average Bonchev–Trinajstić information content (AvgIpc) is 3.16. The fourth-order valence-corrected chi connectivity index (χ4v) is 5.39. The highest BCUT2D eigenvalue weighted by Gasteiger charge is 2.41. The highest BCUT2D eigenvalue weighted by molar-refractivity contribution is 5.83. The van der Waals surface area contributed by atoms with Crippen LogP contribution in [-0.2, 0) is 4.79 Å². The SMILES string of the molecule is COc1cnc2cccc(C(C)NCCC(=O)N3CC4CCC(C3)N4c3ccc(C#N)cn3)c2c1. The summed E-state index contributed by atoms with van der Waals surface area (Å²) in [6.45, 7) is 4.17. The maximum Gasteiger partial charge on any atom is 0.223 e. The van der Waals surface area contributed by atoms with Gasteiger partial charge in [-0.25, -0.2) is 4.98 Å². The van der Waals surface area contributed by atoms with E-state index in [1.165, 1.54) is 0 Å². The van der Waals surface area contributed by atoms with Crippen molar-refractivity contribution < 1.29 is 9.53 Å². The zero-order valence-electron chi connectivity index (χ0n) is 20.1. The highest BCUT2D eigenvalue weighted by atomic mass is 16.5. The van der Waals surface area contributed by atoms with E-state index < -0.39 is 0 Å². The van der Waals surface area contributed by atoms with E-state index in [-0.39, 0.29) is 24.0 Å². The van der Waals surface area contributed by atoms with Crippen molar-refractivity contribution in [3.63, 3.8) is 0 Å². The number of carbonyl (C=O) groups excluding carboxylic acids is 1. The average molecular weight is 471 g/mol. The molecule has 2 fully saturated rings. The van der Waals surface area contributed by atoms with Gasteiger partial charge in [0, 0.05) is 55.8 Å². The number of methoxy groups -OCH3 is 1. The fraction of sp³-hybridized carbons (Fsp3) is 0.407. The lowest BCUT2D eigenvalue weighted by Gasteiger charge is -2.42. The van der Waals surface area contributed by atoms with Gasteiger partial charge in [0.2, 0.25) is 5.91 Å². The molecule has 2 aliphatic rings. The first-order chi connectivity index (χ1) is 17.1. The summed E-state index contributed by atoms with van der Waals surface area (Å²) < 4.78 is 5.35. The number of nitrogens with one attached hydrogen (secondary N) is 1. The van der Waals surface area contributed by atoms with Gasteiger partial charge in [-0.05, 0) is 49.6 Å². The number of rotatable bonds is 7. The number of pyridine rings is 2. The van der Waals surface area contributed by atoms with Crippen LogP contribution in [-0.4, -0.2) is 59.6 Å². The molecule has 0 spiro atoms. The third-order valence-electron chi connectivity index (χ3n) is 7.20. The summed E-state index contributed by atoms with van der Waals surface area (Å²) >= 11 is 0. The van der Waals surface area contributed by atoms with Gasteiger partial charge in [0.1, 0.15) is 17.6 Å². The van der Waals surface area contributed by atoms with Crippen molar-refractivity contribution in [2.45, 2.75) is 44.3 Å². The van der Waals surface area contributed by atoms with Gasteiger partial charge in [-0.1, -0.05) is 12.1 Å². The Kier molecular flexibility index (Phi) is 6.51. The third-order valence-corrected chi connectivity index (χ3v) is 7.20. The normalized spacial score (nSPS) is 20.0. The molecule has 8 nitrogen and oxygen atoms in total. The predicted molar refractivity (Wildman–Crippen MR) is 134 cm³/mol. The smallest absolute Gasteiger partial charge is 0.223 e. The molecule has 2 bridgehead atoms. The molecule has 4 heterocycles. The topological polar surface area (TPSA) is 94.4 Å². The van der Waals surface area contributed by atoms with Crippen LogP contribution in [0.5, 0.6) is 5.75 Å². The summed E-state index contributed by atoms with van der Waals surface area (Å²) in [5, 5.41) is 13.6. The number of amides is 1. The number of aromatic nitrogens is 2. The van der Waals surface area contributed by atoms with Gasteiger partial charge >= 0.3 is 0 Å². The van der Waals surface area contributed by atoms with Gasteiger partial charge in [0.25, 0.3) is 0 Å². The lowest BCUT2D eigenvalue weighted by atomic mass is 10.0. The monoisotopic (exact) mass is 470 g/mol. The van der Waals surface area contributed by atoms with Gasteiger partial charge < -0.3 is 19.9 Å². The van der Waals surface area contributed by atoms with Crippen molar-refractivity contribution >= 4 is 22.6 Å². The van der Waals surface area contributed by atoms with Crippen LogP contribution in [0.25, 0.3) is 10.9 Å². The number of likely N-dealkylation sites (tertiary alicyclic amines) is 1. The second kappa shape index (κ2) is 9.88. The van der Waals surface area contributed by atoms with Crippen LogP contribution >= 0.6 is 0 Å². The summed E-state index contributed by atoms with van der Waals surface area (Å²) in [5.41, 5.74) is 2.64. The number of carbonyl (C=O) groups is 1. The Morgan fingerprint density at radius 1 is 1.20 bits per heavy atom. The Bertz CT molecular complexity index is 1240. The van der Waals surface area contributed by atoms with Crippen molar-refractivity contribution in [1.82, 2.24) is 20.2 Å². The summed E-state index contributed by atoms with van der Waals surface area (Å²) in [5.74, 6) is 1.83. The molecule has 35 heavy (non-hydrogen) atoms. The Morgan fingerprint density at radius 2 is 2.00 bits per heavy atom. The Labute approximate surface area is 205 Å². The molecule has 2 aromatic heterocycles. The molecular weight excluding hydrogens is 440 g/mol. The van der Waals surface area contributed by atoms with E-state index in [4.69, 9.17) is 10.00 Å². The number of ether oxygens (including phenoxy) is 1. The zero-order chi connectivity index (χ0) is 24.4. The number of hydrogen-bond acceptors (Lipinski definition) is 7. The van der Waals surface area contributed by atoms with E-state index >= 15 is 0 Å². The standard InChI is InChI=1S/C27H30N6O2/c1-18(23-4-3-5-25-24(23)12-22(35-2)15-30-25)29-11-10-27(34)32-16-20-7-8-21(17-32)33(20)26-9-6-19(13-28)14-31-26/h3-6,9,12,14-15,18,20-21,29H,7-8,10-11,16-17H2,1-2H3. The number of nitriles is 1. The summed E-state index contributed by atoms with van der Waals surface area (Å²) in [7, 11) is 1.64. The van der Waals surface area contributed by atoms with Crippen LogP contribution in [0.3, 0.4) is 0 Å². The van der Waals surface area contributed by atoms with Gasteiger partial charge in [-0.3, -0.25) is 9.78 Å². The van der Waals surface area contributed by atoms with Crippen molar-refractivity contribution in [3.8, 4) is 11.8 Å². The number of benzene rings is 1. The Morgan fingerprint density at radius 3 is 2.69 bits per heavy atom. The molecule has 180 valence electrons. The molecule has 2 aliphatic heterocycles. The van der Waals surface area contributed by atoms with E-state index in [9.17, 15) is 4.79 Å². The minimum Gasteiger partial charge on any atom is -0.495 e. The Balaban J connectivity index is 1.17. The minimum atomic E-state index is 0.0795. The quantitative estimate of drug-likeness (QED) is 0.565. The number of fused-ring (bicyclic) bond motifs is 3. The molecule has 1 aromatic carbocycles. The van der Waals surface area contributed by atoms with Gasteiger partial charge in [0.05, 0.1) is 24.4 Å². The first-order valence-electron chi connectivity index (χ1n) is 12.2. The lowest BCUT2D eigenvalue weighted by molar-refractivity contribution is -0.132. The number of hydrogen-bond donors (Lipinski definition) is 1. The molecule has 0 saturated carbocycles. The number of nitrogens with zero attached hydrogens (tertiary/aromatic N) is 5. The van der Waals surface area contributed by atoms with Gasteiger partial charge in [-0.15, -0.1) is 0 Å². The maximum atomic E-state index is 13.0. The zero-order valence-corrected chi connectivity index (χ0v) is 20.1. The molecule has 0 radical (unpaired) electrons. The molecule has 1 N–H and O–H groups in total. The van der Waals surface area contributed by atoms with Crippen molar-refractivity contribution in [2.75, 3.05) is 31.6 Å². The van der Waals surface area contributed by atoms with E-state index in [1.807, 2.05) is 35.2 Å². The molecule has 3 atom stereocenters. The van der Waals surface area contributed by atoms with Gasteiger partial charge in [0.15, 0.2) is 0 Å². The third kappa shape index (κ3) is 4.64. The van der Waals surface area contributed by atoms with E-state index in [0.29, 0.717) is 18.5 Å². The molecule has 1 amide bonds. The predicted octanol–water partition coefficient (Wildman–Crippen LogP) is 3.43. The van der Waals surface area contributed by atoms with E-state index in [0.717, 1.165) is 54.0 Å². The van der Waals surface area contributed by atoms with Crippen LogP contribution in [0.2, 0.25) is 0 Å². The van der Waals surface area contributed by atoms with Crippen molar-refractivity contribution in [2.24, 2.45) is 0 Å². The first kappa shape index (κ1) is 23.1. The van der Waals surface area contributed by atoms with Crippen LogP contribution in [0.15, 0.2) is 48.8 Å². The molecule has 2 saturated heterocycles. The maximum absolute atomic E-state index is 13.0. The number of anilines is 1. The summed E-state index contributed by atoms with van der Waals surface area (Å²) in [4.78, 5) is 26.4. The van der Waals surface area contributed by atoms with Crippen LogP contribution in [0, 0.1) is 11.3 Å². The molecular formula is C27H30N6O2. The molecule has 5 rings (SSSR count). The first-order valence-corrected chi connectivity index (χ1v) is 12.2. The van der Waals surface area contributed by atoms with Crippen molar-refractivity contribution in [3.05, 3.63) is 59.9 Å². The molecule has 3 unspecified atom stereocenters. The van der Waals surface area contributed by atoms with E-state index in [1.54, 1.807) is 19.5 Å². The number of piperazine rings is 1. The lowest BCUT2D eigenvalue weighted by Crippen LogP contribution is -2.56. The molecule has 0 aliphatic carbocycles. The second-order valence-electron chi connectivity index (χ2n) is 9.32. The van der Waals surface area contributed by atoms with Gasteiger partial charge in [-0.2, -0.15) is 5.26 Å². The molecule has 3 aromatic rings. The van der Waals surface area contributed by atoms with Crippen LogP contribution in [0.4, 0.5) is 5.82 Å². The van der Waals surface area contributed by atoms with Crippen LogP contribution in [0.1, 0.15) is 43.4 Å².